The topological polar surface area (TPSA) is 48.3 Å². The molecule has 1 aromatic heterocycles. The molecule has 1 saturated heterocycles. The molecule has 1 fully saturated rings. The summed E-state index contributed by atoms with van der Waals surface area (Å²) in [5.41, 5.74) is 1.02. The van der Waals surface area contributed by atoms with Gasteiger partial charge in [0, 0.05) is 36.8 Å². The molecule has 0 spiro atoms. The van der Waals surface area contributed by atoms with Gasteiger partial charge in [-0.05, 0) is 35.7 Å². The molecule has 2 aliphatic heterocycles. The van der Waals surface area contributed by atoms with Crippen molar-refractivity contribution in [2.24, 2.45) is 10.2 Å². The summed E-state index contributed by atoms with van der Waals surface area (Å²) in [7, 11) is 0. The smallest absolute Gasteiger partial charge is 0.233 e. The van der Waals surface area contributed by atoms with Gasteiger partial charge in [0.15, 0.2) is 5.17 Å². The molecule has 0 atom stereocenters. The first-order valence-electron chi connectivity index (χ1n) is 8.91. The van der Waals surface area contributed by atoms with Crippen LogP contribution in [0, 0.1) is 5.82 Å². The van der Waals surface area contributed by atoms with Crippen LogP contribution in [0.1, 0.15) is 4.88 Å². The van der Waals surface area contributed by atoms with E-state index in [1.807, 2.05) is 16.3 Å². The molecule has 2 aliphatic rings. The van der Waals surface area contributed by atoms with Gasteiger partial charge in [0.2, 0.25) is 5.91 Å². The summed E-state index contributed by atoms with van der Waals surface area (Å²) in [6, 6.07) is 10.3. The molecule has 0 unspecified atom stereocenters. The number of carbonyl (C=O) groups excluding carboxylic acids is 1. The minimum atomic E-state index is -0.262. The molecule has 0 N–H and O–H groups in total. The van der Waals surface area contributed by atoms with Gasteiger partial charge in [-0.15, -0.1) is 28.2 Å². The maximum absolute atomic E-state index is 13.0. The van der Waals surface area contributed by atoms with Crippen molar-refractivity contribution in [2.45, 2.75) is 4.90 Å². The third kappa shape index (κ3) is 4.76. The molecule has 4 rings (SSSR count). The number of thioether (sulfide) groups is 2. The molecule has 5 nitrogen and oxygen atoms in total. The average Bonchev–Trinajstić information content (AvgIpc) is 3.28. The fourth-order valence-corrected chi connectivity index (χ4v) is 5.47. The third-order valence-electron chi connectivity index (χ3n) is 4.48. The number of halogens is 1. The van der Waals surface area contributed by atoms with E-state index in [4.69, 9.17) is 0 Å². The van der Waals surface area contributed by atoms with E-state index < -0.39 is 0 Å². The Kier molecular flexibility index (Phi) is 6.33. The number of hydrogen-bond donors (Lipinski definition) is 0. The van der Waals surface area contributed by atoms with Crippen LogP contribution in [0.5, 0.6) is 0 Å². The van der Waals surface area contributed by atoms with Gasteiger partial charge in [-0.3, -0.25) is 4.79 Å². The zero-order valence-electron chi connectivity index (χ0n) is 15.1. The third-order valence-corrected chi connectivity index (χ3v) is 7.41. The van der Waals surface area contributed by atoms with Crippen molar-refractivity contribution in [1.82, 2.24) is 9.80 Å². The van der Waals surface area contributed by atoms with E-state index in [2.05, 4.69) is 21.2 Å². The van der Waals surface area contributed by atoms with Gasteiger partial charge in [-0.2, -0.15) is 5.10 Å². The van der Waals surface area contributed by atoms with E-state index in [0.717, 1.165) is 34.6 Å². The Morgan fingerprint density at radius 1 is 1.11 bits per heavy atom. The maximum Gasteiger partial charge on any atom is 0.233 e. The molecule has 28 heavy (non-hydrogen) atoms. The van der Waals surface area contributed by atoms with Crippen molar-refractivity contribution in [3.05, 3.63) is 52.5 Å². The summed E-state index contributed by atoms with van der Waals surface area (Å²) >= 11 is 4.83. The van der Waals surface area contributed by atoms with Crippen LogP contribution in [0.2, 0.25) is 0 Å². The van der Waals surface area contributed by atoms with Gasteiger partial charge in [0.05, 0.1) is 16.3 Å². The molecule has 0 bridgehead atoms. The minimum Gasteiger partial charge on any atom is -0.346 e. The summed E-state index contributed by atoms with van der Waals surface area (Å²) in [6.07, 6.45) is 0. The van der Waals surface area contributed by atoms with Gasteiger partial charge < -0.3 is 9.80 Å². The number of nitrogens with zero attached hydrogens (tertiary/aromatic N) is 4. The van der Waals surface area contributed by atoms with Crippen LogP contribution in [0.25, 0.3) is 0 Å². The van der Waals surface area contributed by atoms with Gasteiger partial charge in [-0.1, -0.05) is 17.8 Å². The molecule has 146 valence electrons. The fourth-order valence-electron chi connectivity index (χ4n) is 2.93. The fraction of sp³-hybridized carbons (Fsp3) is 0.316. The van der Waals surface area contributed by atoms with E-state index in [9.17, 15) is 9.18 Å². The second-order valence-corrected chi connectivity index (χ2v) is 9.24. The van der Waals surface area contributed by atoms with E-state index in [0.29, 0.717) is 18.8 Å². The van der Waals surface area contributed by atoms with Crippen molar-refractivity contribution in [1.29, 1.82) is 0 Å². The number of benzene rings is 1. The normalized spacial score (nSPS) is 17.3. The monoisotopic (exact) mass is 434 g/mol. The number of rotatable bonds is 4. The molecular formula is C19H19FN4OS3. The number of carbonyl (C=O) groups is 1. The maximum atomic E-state index is 13.0. The lowest BCUT2D eigenvalue weighted by atomic mass is 10.3. The second-order valence-electron chi connectivity index (χ2n) is 6.31. The van der Waals surface area contributed by atoms with Crippen LogP contribution in [0.3, 0.4) is 0 Å². The standard InChI is InChI=1S/C19H19FN4OS3/c20-14-3-5-15(6-4-14)27-13-18(25)23-7-9-24(10-8-23)19-22-21-16(12-28-19)17-2-1-11-26-17/h1-6,11H,7-10,12-13H2. The molecule has 1 aromatic carbocycles. The number of thiophene rings is 1. The van der Waals surface area contributed by atoms with Crippen molar-refractivity contribution in [3.8, 4) is 0 Å². The average molecular weight is 435 g/mol. The highest BCUT2D eigenvalue weighted by atomic mass is 32.2. The molecule has 0 saturated carbocycles. The summed E-state index contributed by atoms with van der Waals surface area (Å²) < 4.78 is 13.0. The van der Waals surface area contributed by atoms with Crippen LogP contribution in [0.4, 0.5) is 4.39 Å². The van der Waals surface area contributed by atoms with Gasteiger partial charge in [-0.25, -0.2) is 4.39 Å². The van der Waals surface area contributed by atoms with Crippen LogP contribution in [0.15, 0.2) is 56.9 Å². The summed E-state index contributed by atoms with van der Waals surface area (Å²) in [6.45, 7) is 2.90. The van der Waals surface area contributed by atoms with Gasteiger partial charge in [0.25, 0.3) is 0 Å². The van der Waals surface area contributed by atoms with Crippen LogP contribution in [-0.4, -0.2) is 64.3 Å². The highest BCUT2D eigenvalue weighted by Gasteiger charge is 2.25. The second kappa shape index (κ2) is 9.11. The van der Waals surface area contributed by atoms with Crippen molar-refractivity contribution in [2.75, 3.05) is 37.7 Å². The predicted molar refractivity (Wildman–Crippen MR) is 116 cm³/mol. The first-order valence-corrected chi connectivity index (χ1v) is 11.8. The van der Waals surface area contributed by atoms with E-state index in [-0.39, 0.29) is 11.7 Å². The van der Waals surface area contributed by atoms with Gasteiger partial charge >= 0.3 is 0 Å². The molecule has 2 aromatic rings. The lowest BCUT2D eigenvalue weighted by molar-refractivity contribution is -0.129. The molecule has 0 aliphatic carbocycles. The SMILES string of the molecule is O=C(CSc1ccc(F)cc1)N1CCN(C2=NN=C(c3cccs3)CS2)CC1. The Labute approximate surface area is 175 Å². The molecule has 1 amide bonds. The number of amides is 1. The molecule has 9 heteroatoms. The zero-order valence-corrected chi connectivity index (χ0v) is 17.5. The van der Waals surface area contributed by atoms with E-state index in [1.54, 1.807) is 35.2 Å². The first-order chi connectivity index (χ1) is 13.7. The lowest BCUT2D eigenvalue weighted by Gasteiger charge is -2.36. The number of hydrogen-bond acceptors (Lipinski definition) is 7. The largest absolute Gasteiger partial charge is 0.346 e. The Morgan fingerprint density at radius 3 is 2.54 bits per heavy atom. The van der Waals surface area contributed by atoms with Crippen LogP contribution >= 0.6 is 34.9 Å². The zero-order chi connectivity index (χ0) is 19.3. The Bertz CT molecular complexity index is 875. The van der Waals surface area contributed by atoms with Gasteiger partial charge in [0.1, 0.15) is 5.82 Å². The summed E-state index contributed by atoms with van der Waals surface area (Å²) in [4.78, 5) is 18.6. The first kappa shape index (κ1) is 19.5. The quantitative estimate of drug-likeness (QED) is 0.690. The van der Waals surface area contributed by atoms with Crippen LogP contribution < -0.4 is 0 Å². The molecule has 3 heterocycles. The molecule has 0 radical (unpaired) electrons. The number of amidine groups is 1. The predicted octanol–water partition coefficient (Wildman–Crippen LogP) is 3.63. The van der Waals surface area contributed by atoms with Crippen molar-refractivity contribution < 1.29 is 9.18 Å². The van der Waals surface area contributed by atoms with Crippen molar-refractivity contribution >= 4 is 51.6 Å². The van der Waals surface area contributed by atoms with Crippen LogP contribution in [-0.2, 0) is 4.79 Å². The lowest BCUT2D eigenvalue weighted by Crippen LogP contribution is -2.50. The Balaban J connectivity index is 1.26. The Morgan fingerprint density at radius 2 is 1.89 bits per heavy atom. The Hall–Kier alpha value is -1.84. The highest BCUT2D eigenvalue weighted by Crippen LogP contribution is 2.22. The number of piperazine rings is 1. The van der Waals surface area contributed by atoms with E-state index in [1.165, 1.54) is 28.8 Å². The highest BCUT2D eigenvalue weighted by molar-refractivity contribution is 8.14. The minimum absolute atomic E-state index is 0.116. The summed E-state index contributed by atoms with van der Waals surface area (Å²) in [5, 5.41) is 11.8. The van der Waals surface area contributed by atoms with E-state index >= 15 is 0 Å². The van der Waals surface area contributed by atoms with Crippen molar-refractivity contribution in [3.63, 3.8) is 0 Å². The molecular weight excluding hydrogens is 415 g/mol. The summed E-state index contributed by atoms with van der Waals surface area (Å²) in [5.74, 6) is 1.05.